The third kappa shape index (κ3) is 7.61. The zero-order valence-corrected chi connectivity index (χ0v) is 21.2. The minimum atomic E-state index is -1.07. The maximum absolute atomic E-state index is 13.6. The standard InChI is InChI=1S/C27H35N5O5/c1-31(2)16-24(34)29-22-5-3-4-20(14-22)25(32(17-33)23-12-6-18(15-28)7-13-23)26(35)30-21-10-8-19(9-11-21)27(36)37/h3-5,8-11,14,17-18,23,25H,6-7,12-13,15-16,28H2,1-2H3,(H,29,34)(H,30,35)(H,36,37)/t18?,23?,25-/m0/s1. The second-order valence-electron chi connectivity index (χ2n) is 9.65. The Balaban J connectivity index is 1.91. The monoisotopic (exact) mass is 509 g/mol. The maximum atomic E-state index is 13.6. The molecule has 198 valence electrons. The third-order valence-corrected chi connectivity index (χ3v) is 6.58. The highest BCUT2D eigenvalue weighted by Gasteiger charge is 2.34. The summed E-state index contributed by atoms with van der Waals surface area (Å²) in [6, 6.07) is 11.6. The highest BCUT2D eigenvalue weighted by molar-refractivity contribution is 5.98. The lowest BCUT2D eigenvalue weighted by atomic mass is 9.84. The van der Waals surface area contributed by atoms with Crippen molar-refractivity contribution in [1.29, 1.82) is 0 Å². The van der Waals surface area contributed by atoms with E-state index in [1.807, 2.05) is 0 Å². The maximum Gasteiger partial charge on any atom is 0.335 e. The lowest BCUT2D eigenvalue weighted by Gasteiger charge is -2.38. The first-order valence-electron chi connectivity index (χ1n) is 12.3. The number of hydrogen-bond donors (Lipinski definition) is 4. The van der Waals surface area contributed by atoms with E-state index in [2.05, 4.69) is 10.6 Å². The highest BCUT2D eigenvalue weighted by atomic mass is 16.4. The molecule has 37 heavy (non-hydrogen) atoms. The zero-order chi connectivity index (χ0) is 26.9. The number of aromatic carboxylic acids is 1. The molecule has 1 aliphatic carbocycles. The number of nitrogens with one attached hydrogen (secondary N) is 2. The van der Waals surface area contributed by atoms with Gasteiger partial charge < -0.3 is 31.3 Å². The van der Waals surface area contributed by atoms with Gasteiger partial charge in [0.1, 0.15) is 6.04 Å². The first-order chi connectivity index (χ1) is 17.7. The van der Waals surface area contributed by atoms with Crippen LogP contribution in [-0.4, -0.2) is 72.3 Å². The second kappa shape index (κ2) is 13.0. The lowest BCUT2D eigenvalue weighted by molar-refractivity contribution is -0.133. The van der Waals surface area contributed by atoms with Gasteiger partial charge in [-0.15, -0.1) is 0 Å². The molecule has 0 bridgehead atoms. The van der Waals surface area contributed by atoms with Crippen molar-refractivity contribution in [2.75, 3.05) is 37.8 Å². The van der Waals surface area contributed by atoms with Crippen LogP contribution in [0, 0.1) is 5.92 Å². The zero-order valence-electron chi connectivity index (χ0n) is 21.2. The van der Waals surface area contributed by atoms with Crippen LogP contribution < -0.4 is 16.4 Å². The molecule has 0 radical (unpaired) electrons. The van der Waals surface area contributed by atoms with Gasteiger partial charge in [0, 0.05) is 17.4 Å². The molecular weight excluding hydrogens is 474 g/mol. The predicted molar refractivity (Wildman–Crippen MR) is 141 cm³/mol. The van der Waals surface area contributed by atoms with E-state index in [0.29, 0.717) is 35.8 Å². The molecule has 0 saturated heterocycles. The number of rotatable bonds is 11. The molecule has 1 fully saturated rings. The molecule has 10 heteroatoms. The molecule has 5 N–H and O–H groups in total. The van der Waals surface area contributed by atoms with Crippen LogP contribution in [0.15, 0.2) is 48.5 Å². The largest absolute Gasteiger partial charge is 0.478 e. The number of nitrogens with zero attached hydrogens (tertiary/aromatic N) is 2. The smallest absolute Gasteiger partial charge is 0.335 e. The number of hydrogen-bond acceptors (Lipinski definition) is 6. The van der Waals surface area contributed by atoms with Crippen molar-refractivity contribution in [3.63, 3.8) is 0 Å². The number of anilines is 2. The van der Waals surface area contributed by atoms with Gasteiger partial charge in [-0.05, 0) is 94.2 Å². The van der Waals surface area contributed by atoms with E-state index in [1.54, 1.807) is 48.2 Å². The quantitative estimate of drug-likeness (QED) is 0.341. The second-order valence-corrected chi connectivity index (χ2v) is 9.65. The van der Waals surface area contributed by atoms with Gasteiger partial charge in [-0.2, -0.15) is 0 Å². The molecule has 0 aromatic heterocycles. The minimum Gasteiger partial charge on any atom is -0.478 e. The van der Waals surface area contributed by atoms with E-state index >= 15 is 0 Å². The Kier molecular flexibility index (Phi) is 9.76. The SMILES string of the molecule is CN(C)CC(=O)Nc1cccc([C@@H](C(=O)Nc2ccc(C(=O)O)cc2)N(C=O)C2CCC(CN)CC2)c1. The number of amides is 3. The molecule has 0 unspecified atom stereocenters. The Morgan fingerprint density at radius 3 is 2.27 bits per heavy atom. The number of carbonyl (C=O) groups excluding carboxylic acids is 3. The summed E-state index contributed by atoms with van der Waals surface area (Å²) in [5, 5.41) is 14.8. The molecule has 3 amide bonds. The topological polar surface area (TPSA) is 145 Å². The number of benzene rings is 2. The summed E-state index contributed by atoms with van der Waals surface area (Å²) in [6.45, 7) is 0.796. The Bertz CT molecular complexity index is 1100. The summed E-state index contributed by atoms with van der Waals surface area (Å²) in [6.07, 6.45) is 3.92. The van der Waals surface area contributed by atoms with Crippen LogP contribution in [0.1, 0.15) is 47.6 Å². The minimum absolute atomic E-state index is 0.0990. The fraction of sp³-hybridized carbons (Fsp3) is 0.407. The van der Waals surface area contributed by atoms with Crippen molar-refractivity contribution in [2.24, 2.45) is 11.7 Å². The Hall–Kier alpha value is -3.76. The molecule has 2 aromatic rings. The molecule has 3 rings (SSSR count). The summed E-state index contributed by atoms with van der Waals surface area (Å²) in [7, 11) is 3.58. The molecule has 2 aromatic carbocycles. The van der Waals surface area contributed by atoms with Crippen LogP contribution >= 0.6 is 0 Å². The molecule has 1 saturated carbocycles. The average Bonchev–Trinajstić information content (AvgIpc) is 2.87. The van der Waals surface area contributed by atoms with Crippen molar-refractivity contribution >= 4 is 35.6 Å². The third-order valence-electron chi connectivity index (χ3n) is 6.58. The average molecular weight is 510 g/mol. The van der Waals surface area contributed by atoms with Crippen LogP contribution in [0.5, 0.6) is 0 Å². The summed E-state index contributed by atoms with van der Waals surface area (Å²) < 4.78 is 0. The van der Waals surface area contributed by atoms with Crippen molar-refractivity contribution in [3.05, 3.63) is 59.7 Å². The van der Waals surface area contributed by atoms with E-state index in [4.69, 9.17) is 10.8 Å². The number of carboxylic acids is 1. The normalized spacial score (nSPS) is 18.1. The van der Waals surface area contributed by atoms with Gasteiger partial charge >= 0.3 is 5.97 Å². The van der Waals surface area contributed by atoms with Gasteiger partial charge in [0.2, 0.25) is 12.3 Å². The fourth-order valence-corrected chi connectivity index (χ4v) is 4.68. The Morgan fingerprint density at radius 1 is 1.03 bits per heavy atom. The van der Waals surface area contributed by atoms with Crippen molar-refractivity contribution in [3.8, 4) is 0 Å². The van der Waals surface area contributed by atoms with Crippen LogP contribution in [0.2, 0.25) is 0 Å². The number of likely N-dealkylation sites (N-methyl/N-ethyl adjacent to an activating group) is 1. The van der Waals surface area contributed by atoms with E-state index in [9.17, 15) is 19.2 Å². The van der Waals surface area contributed by atoms with Crippen molar-refractivity contribution < 1.29 is 24.3 Å². The van der Waals surface area contributed by atoms with Gasteiger partial charge in [0.05, 0.1) is 12.1 Å². The van der Waals surface area contributed by atoms with Crippen molar-refractivity contribution in [1.82, 2.24) is 9.80 Å². The van der Waals surface area contributed by atoms with Gasteiger partial charge in [-0.3, -0.25) is 14.4 Å². The van der Waals surface area contributed by atoms with Crippen LogP contribution in [0.4, 0.5) is 11.4 Å². The predicted octanol–water partition coefficient (Wildman–Crippen LogP) is 2.54. The molecular formula is C27H35N5O5. The Labute approximate surface area is 216 Å². The molecule has 0 spiro atoms. The summed E-state index contributed by atoms with van der Waals surface area (Å²) >= 11 is 0. The van der Waals surface area contributed by atoms with Gasteiger partial charge in [0.25, 0.3) is 5.91 Å². The van der Waals surface area contributed by atoms with E-state index in [-0.39, 0.29) is 24.1 Å². The van der Waals surface area contributed by atoms with Gasteiger partial charge in [-0.1, -0.05) is 12.1 Å². The first kappa shape index (κ1) is 27.8. The van der Waals surface area contributed by atoms with Crippen LogP contribution in [-0.2, 0) is 14.4 Å². The van der Waals surface area contributed by atoms with Gasteiger partial charge in [-0.25, -0.2) is 4.79 Å². The van der Waals surface area contributed by atoms with Crippen molar-refractivity contribution in [2.45, 2.75) is 37.8 Å². The Morgan fingerprint density at radius 2 is 1.70 bits per heavy atom. The van der Waals surface area contributed by atoms with E-state index in [1.165, 1.54) is 24.3 Å². The molecule has 10 nitrogen and oxygen atoms in total. The number of carbonyl (C=O) groups is 4. The summed E-state index contributed by atoms with van der Waals surface area (Å²) in [4.78, 5) is 52.8. The summed E-state index contributed by atoms with van der Waals surface area (Å²) in [5.74, 6) is -1.30. The molecule has 0 heterocycles. The first-order valence-corrected chi connectivity index (χ1v) is 12.3. The van der Waals surface area contributed by atoms with E-state index < -0.39 is 17.9 Å². The van der Waals surface area contributed by atoms with Gasteiger partial charge in [0.15, 0.2) is 0 Å². The molecule has 1 atom stereocenters. The molecule has 1 aliphatic rings. The van der Waals surface area contributed by atoms with Crippen LogP contribution in [0.25, 0.3) is 0 Å². The lowest BCUT2D eigenvalue weighted by Crippen LogP contribution is -2.45. The van der Waals surface area contributed by atoms with Crippen LogP contribution in [0.3, 0.4) is 0 Å². The fourth-order valence-electron chi connectivity index (χ4n) is 4.68. The molecule has 0 aliphatic heterocycles. The highest BCUT2D eigenvalue weighted by Crippen LogP contribution is 2.33. The number of nitrogens with two attached hydrogens (primary N) is 1. The van der Waals surface area contributed by atoms with E-state index in [0.717, 1.165) is 25.7 Å². The summed E-state index contributed by atoms with van der Waals surface area (Å²) in [5.41, 5.74) is 7.42. The number of carboxylic acid groups (broad SMARTS) is 1.